The zero-order valence-corrected chi connectivity index (χ0v) is 24.1. The van der Waals surface area contributed by atoms with E-state index in [2.05, 4.69) is 39.0 Å². The second kappa shape index (κ2) is 12.3. The highest BCUT2D eigenvalue weighted by atomic mass is 35.5. The number of ether oxygens (including phenoxy) is 1. The van der Waals surface area contributed by atoms with Crippen LogP contribution in [0.4, 0.5) is 11.4 Å². The standard InChI is InChI=1S/C32H49N3O.ClH/c1-36-29-13-19-33(20-14-29)28-9-10-31(35-23-21-34(22-24-35)27-7-3-4-8-27)30(25-28)26-11-17-32(18-12-26)15-5-2-6-16-32;/h9-11,25,27,29H,2-8,12-24H2,1H3;1H. The fourth-order valence-corrected chi connectivity index (χ4v) is 8.14. The van der Waals surface area contributed by atoms with Gasteiger partial charge in [0.1, 0.15) is 0 Å². The number of halogens is 1. The van der Waals surface area contributed by atoms with Crippen LogP contribution in [0.15, 0.2) is 24.3 Å². The Kier molecular flexibility index (Phi) is 9.09. The third-order valence-electron chi connectivity index (χ3n) is 10.6. The Morgan fingerprint density at radius 1 is 0.784 bits per heavy atom. The van der Waals surface area contributed by atoms with Gasteiger partial charge in [0, 0.05) is 69.4 Å². The molecule has 5 aliphatic rings. The number of nitrogens with zero attached hydrogens (tertiary/aromatic N) is 3. The normalized spacial score (nSPS) is 25.8. The molecule has 2 saturated heterocycles. The minimum atomic E-state index is 0. The van der Waals surface area contributed by atoms with E-state index in [9.17, 15) is 0 Å². The molecule has 2 saturated carbocycles. The summed E-state index contributed by atoms with van der Waals surface area (Å²) in [5, 5.41) is 0. The number of piperidine rings is 1. The molecule has 0 aromatic heterocycles. The van der Waals surface area contributed by atoms with Gasteiger partial charge in [0.2, 0.25) is 0 Å². The number of hydrogen-bond donors (Lipinski definition) is 0. The first-order valence-electron chi connectivity index (χ1n) is 15.3. The minimum Gasteiger partial charge on any atom is -0.381 e. The van der Waals surface area contributed by atoms with Gasteiger partial charge in [0.15, 0.2) is 0 Å². The number of benzene rings is 1. The first-order valence-corrected chi connectivity index (χ1v) is 15.3. The van der Waals surface area contributed by atoms with Crippen molar-refractivity contribution >= 4 is 29.4 Å². The van der Waals surface area contributed by atoms with Crippen molar-refractivity contribution in [3.63, 3.8) is 0 Å². The zero-order valence-electron chi connectivity index (χ0n) is 23.3. The molecule has 4 fully saturated rings. The van der Waals surface area contributed by atoms with Crippen molar-refractivity contribution < 1.29 is 4.74 Å². The van der Waals surface area contributed by atoms with Crippen molar-refractivity contribution in [3.8, 4) is 0 Å². The summed E-state index contributed by atoms with van der Waals surface area (Å²) in [7, 11) is 1.87. The van der Waals surface area contributed by atoms with Crippen LogP contribution < -0.4 is 9.80 Å². The Morgan fingerprint density at radius 2 is 1.51 bits per heavy atom. The van der Waals surface area contributed by atoms with Gasteiger partial charge in [-0.05, 0) is 87.0 Å². The molecule has 5 heteroatoms. The maximum Gasteiger partial charge on any atom is 0.0605 e. The maximum atomic E-state index is 5.65. The molecule has 4 nitrogen and oxygen atoms in total. The van der Waals surface area contributed by atoms with E-state index in [1.807, 2.05) is 7.11 Å². The van der Waals surface area contributed by atoms with Crippen molar-refractivity contribution in [2.24, 2.45) is 5.41 Å². The fourth-order valence-electron chi connectivity index (χ4n) is 8.14. The quantitative estimate of drug-likeness (QED) is 0.399. The first kappa shape index (κ1) is 27.3. The molecule has 2 aliphatic heterocycles. The average Bonchev–Trinajstić information content (AvgIpc) is 3.49. The molecule has 3 aliphatic carbocycles. The highest BCUT2D eigenvalue weighted by Crippen LogP contribution is 2.49. The van der Waals surface area contributed by atoms with E-state index in [-0.39, 0.29) is 12.4 Å². The molecule has 6 rings (SSSR count). The van der Waals surface area contributed by atoms with Crippen molar-refractivity contribution in [3.05, 3.63) is 29.8 Å². The van der Waals surface area contributed by atoms with Crippen LogP contribution in [-0.4, -0.2) is 63.4 Å². The predicted molar refractivity (Wildman–Crippen MR) is 159 cm³/mol. The lowest BCUT2D eigenvalue weighted by molar-refractivity contribution is 0.0819. The van der Waals surface area contributed by atoms with Crippen molar-refractivity contribution in [1.82, 2.24) is 4.90 Å². The van der Waals surface area contributed by atoms with Gasteiger partial charge in [-0.15, -0.1) is 12.4 Å². The van der Waals surface area contributed by atoms with Gasteiger partial charge < -0.3 is 14.5 Å². The molecule has 1 aromatic rings. The highest BCUT2D eigenvalue weighted by Gasteiger charge is 2.34. The van der Waals surface area contributed by atoms with Gasteiger partial charge in [-0.1, -0.05) is 38.2 Å². The molecule has 0 unspecified atom stereocenters. The second-order valence-electron chi connectivity index (χ2n) is 12.6. The van der Waals surface area contributed by atoms with Gasteiger partial charge in [0.05, 0.1) is 6.10 Å². The van der Waals surface area contributed by atoms with Crippen molar-refractivity contribution in [1.29, 1.82) is 0 Å². The number of rotatable bonds is 5. The summed E-state index contributed by atoms with van der Waals surface area (Å²) in [6, 6.07) is 8.32. The SMILES string of the molecule is COC1CCN(c2ccc(N3CCN(C4CCCC4)CC3)c(C3=CCC4(CCCCC4)CC3)c2)CC1.Cl. The fraction of sp³-hybridized carbons (Fsp3) is 0.750. The number of piperazine rings is 1. The van der Waals surface area contributed by atoms with Crippen LogP contribution >= 0.6 is 12.4 Å². The van der Waals surface area contributed by atoms with Gasteiger partial charge in [-0.25, -0.2) is 0 Å². The Morgan fingerprint density at radius 3 is 2.16 bits per heavy atom. The minimum absolute atomic E-state index is 0. The average molecular weight is 528 g/mol. The highest BCUT2D eigenvalue weighted by molar-refractivity contribution is 5.85. The smallest absolute Gasteiger partial charge is 0.0605 e. The van der Waals surface area contributed by atoms with E-state index in [0.29, 0.717) is 11.5 Å². The Hall–Kier alpha value is -1.23. The van der Waals surface area contributed by atoms with Crippen LogP contribution in [0, 0.1) is 5.41 Å². The van der Waals surface area contributed by atoms with E-state index in [4.69, 9.17) is 4.74 Å². The van der Waals surface area contributed by atoms with Crippen LogP contribution in [0.2, 0.25) is 0 Å². The molecule has 0 amide bonds. The Bertz CT molecular complexity index is 905. The van der Waals surface area contributed by atoms with E-state index in [0.717, 1.165) is 32.0 Å². The third-order valence-corrected chi connectivity index (χ3v) is 10.6. The lowest BCUT2D eigenvalue weighted by Gasteiger charge is -2.42. The summed E-state index contributed by atoms with van der Waals surface area (Å²) >= 11 is 0. The van der Waals surface area contributed by atoms with Crippen LogP contribution in [-0.2, 0) is 4.74 Å². The van der Waals surface area contributed by atoms with Gasteiger partial charge in [-0.3, -0.25) is 4.90 Å². The third kappa shape index (κ3) is 6.02. The van der Waals surface area contributed by atoms with Crippen LogP contribution in [0.3, 0.4) is 0 Å². The van der Waals surface area contributed by atoms with Crippen LogP contribution in [0.5, 0.6) is 0 Å². The molecule has 0 N–H and O–H groups in total. The molecular formula is C32H50ClN3O. The lowest BCUT2D eigenvalue weighted by atomic mass is 9.65. The Labute approximate surface area is 232 Å². The first-order chi connectivity index (χ1) is 17.7. The summed E-state index contributed by atoms with van der Waals surface area (Å²) in [4.78, 5) is 8.12. The molecule has 206 valence electrons. The molecular weight excluding hydrogens is 478 g/mol. The van der Waals surface area contributed by atoms with E-state index < -0.39 is 0 Å². The molecule has 1 spiro atoms. The summed E-state index contributed by atoms with van der Waals surface area (Å²) in [5.41, 5.74) is 6.72. The summed E-state index contributed by atoms with van der Waals surface area (Å²) in [5.74, 6) is 0. The number of hydrogen-bond acceptors (Lipinski definition) is 4. The Balaban J connectivity index is 0.00000280. The molecule has 37 heavy (non-hydrogen) atoms. The lowest BCUT2D eigenvalue weighted by Crippen LogP contribution is -2.50. The summed E-state index contributed by atoms with van der Waals surface area (Å²) in [6.45, 7) is 7.05. The predicted octanol–water partition coefficient (Wildman–Crippen LogP) is 7.31. The van der Waals surface area contributed by atoms with E-state index in [1.54, 1.807) is 11.1 Å². The van der Waals surface area contributed by atoms with E-state index in [1.165, 1.54) is 115 Å². The molecule has 2 heterocycles. The maximum absolute atomic E-state index is 5.65. The summed E-state index contributed by atoms with van der Waals surface area (Å²) < 4.78 is 5.65. The summed E-state index contributed by atoms with van der Waals surface area (Å²) in [6.07, 6.45) is 22.4. The molecule has 0 bridgehead atoms. The molecule has 1 aromatic carbocycles. The second-order valence-corrected chi connectivity index (χ2v) is 12.6. The number of anilines is 2. The van der Waals surface area contributed by atoms with E-state index >= 15 is 0 Å². The number of allylic oxidation sites excluding steroid dienone is 2. The van der Waals surface area contributed by atoms with Crippen LogP contribution in [0.1, 0.15) is 95.5 Å². The van der Waals surface area contributed by atoms with Crippen LogP contribution in [0.25, 0.3) is 5.57 Å². The van der Waals surface area contributed by atoms with Crippen molar-refractivity contribution in [2.75, 3.05) is 56.2 Å². The zero-order chi connectivity index (χ0) is 24.4. The van der Waals surface area contributed by atoms with Gasteiger partial charge in [0.25, 0.3) is 0 Å². The largest absolute Gasteiger partial charge is 0.381 e. The number of methoxy groups -OCH3 is 1. The molecule has 0 atom stereocenters. The van der Waals surface area contributed by atoms with Gasteiger partial charge >= 0.3 is 0 Å². The topological polar surface area (TPSA) is 19.0 Å². The van der Waals surface area contributed by atoms with Gasteiger partial charge in [-0.2, -0.15) is 0 Å². The monoisotopic (exact) mass is 527 g/mol. The van der Waals surface area contributed by atoms with Crippen molar-refractivity contribution in [2.45, 2.75) is 102 Å². The molecule has 0 radical (unpaired) electrons.